The molecule has 35 heavy (non-hydrogen) atoms. The number of hydrogen-bond donors (Lipinski definition) is 1. The molecule has 3 aliphatic heterocycles. The van der Waals surface area contributed by atoms with Gasteiger partial charge < -0.3 is 24.6 Å². The maximum Gasteiger partial charge on any atom is 0.229 e. The van der Waals surface area contributed by atoms with Gasteiger partial charge in [-0.1, -0.05) is 12.8 Å². The summed E-state index contributed by atoms with van der Waals surface area (Å²) in [4.78, 5) is 26.7. The molecule has 1 saturated carbocycles. The van der Waals surface area contributed by atoms with Gasteiger partial charge in [0.2, 0.25) is 5.95 Å². The van der Waals surface area contributed by atoms with E-state index >= 15 is 0 Å². The van der Waals surface area contributed by atoms with Gasteiger partial charge in [-0.3, -0.25) is 0 Å². The lowest BCUT2D eigenvalue weighted by molar-refractivity contribution is -0.00279. The number of anilines is 4. The topological polar surface area (TPSA) is 78.2 Å². The average Bonchev–Trinajstić information content (AvgIpc) is 3.52. The first-order valence-electron chi connectivity index (χ1n) is 13.3. The number of piperidine rings is 1. The van der Waals surface area contributed by atoms with Crippen LogP contribution in [0.4, 0.5) is 23.3 Å². The lowest BCUT2D eigenvalue weighted by atomic mass is 9.73. The molecule has 6 heterocycles. The molecule has 1 spiro atoms. The summed E-state index contributed by atoms with van der Waals surface area (Å²) in [7, 11) is 2.20. The zero-order valence-electron chi connectivity index (χ0n) is 20.7. The second kappa shape index (κ2) is 8.33. The Morgan fingerprint density at radius 1 is 0.886 bits per heavy atom. The Bertz CT molecular complexity index is 1190. The van der Waals surface area contributed by atoms with Crippen LogP contribution in [0.3, 0.4) is 0 Å². The fourth-order valence-corrected chi connectivity index (χ4v) is 6.69. The predicted molar refractivity (Wildman–Crippen MR) is 139 cm³/mol. The van der Waals surface area contributed by atoms with Crippen molar-refractivity contribution in [1.82, 2.24) is 29.4 Å². The van der Waals surface area contributed by atoms with Crippen molar-refractivity contribution < 1.29 is 0 Å². The summed E-state index contributed by atoms with van der Waals surface area (Å²) in [5.41, 5.74) is 3.24. The van der Waals surface area contributed by atoms with Gasteiger partial charge in [0.05, 0.1) is 18.2 Å². The van der Waals surface area contributed by atoms with Crippen LogP contribution < -0.4 is 15.1 Å². The third-order valence-corrected chi connectivity index (χ3v) is 8.36. The summed E-state index contributed by atoms with van der Waals surface area (Å²) in [5, 5.41) is 3.54. The van der Waals surface area contributed by atoms with Crippen molar-refractivity contribution >= 4 is 34.4 Å². The number of hydrogen-bond acceptors (Lipinski definition) is 8. The Balaban J connectivity index is 1.16. The van der Waals surface area contributed by atoms with Crippen molar-refractivity contribution in [3.8, 4) is 0 Å². The third-order valence-electron chi connectivity index (χ3n) is 8.36. The van der Waals surface area contributed by atoms with E-state index in [1.165, 1.54) is 58.0 Å². The number of rotatable bonds is 5. The molecular weight excluding hydrogens is 438 g/mol. The van der Waals surface area contributed by atoms with Crippen molar-refractivity contribution in [2.24, 2.45) is 5.41 Å². The zero-order chi connectivity index (χ0) is 23.4. The summed E-state index contributed by atoms with van der Waals surface area (Å²) in [6.07, 6.45) is 12.6. The smallest absolute Gasteiger partial charge is 0.229 e. The Morgan fingerprint density at radius 2 is 1.69 bits per heavy atom. The standard InChI is InChI=1S/C26H35N9/c1-32-14-26(15-32)16-34(17-26)21-10-9-19(13-27-21)29-23-22-24(35(18-28-22)20-7-3-4-8-20)31-25(30-23)33-11-5-2-6-12-33/h9-10,13,18,20H,2-8,11-12,14-17H2,1H3,(H,29,30,31). The second-order valence-corrected chi connectivity index (χ2v) is 11.2. The predicted octanol–water partition coefficient (Wildman–Crippen LogP) is 3.82. The highest BCUT2D eigenvalue weighted by Gasteiger charge is 2.50. The summed E-state index contributed by atoms with van der Waals surface area (Å²) >= 11 is 0. The van der Waals surface area contributed by atoms with Gasteiger partial charge in [-0.05, 0) is 51.3 Å². The number of nitrogens with one attached hydrogen (secondary N) is 1. The summed E-state index contributed by atoms with van der Waals surface area (Å²) in [5.74, 6) is 2.66. The number of imidazole rings is 1. The molecule has 3 aromatic rings. The Labute approximate surface area is 206 Å². The van der Waals surface area contributed by atoms with E-state index in [0.29, 0.717) is 11.5 Å². The first-order chi connectivity index (χ1) is 17.2. The molecule has 7 rings (SSSR count). The van der Waals surface area contributed by atoms with Crippen LogP contribution in [0.25, 0.3) is 11.2 Å². The molecule has 0 aromatic carbocycles. The normalized spacial score (nSPS) is 22.5. The minimum absolute atomic E-state index is 0.494. The van der Waals surface area contributed by atoms with Gasteiger partial charge in [-0.15, -0.1) is 0 Å². The molecule has 4 aliphatic rings. The molecule has 9 nitrogen and oxygen atoms in total. The van der Waals surface area contributed by atoms with Crippen molar-refractivity contribution in [2.75, 3.05) is 61.4 Å². The van der Waals surface area contributed by atoms with Crippen molar-refractivity contribution in [2.45, 2.75) is 51.0 Å². The molecule has 3 saturated heterocycles. The molecule has 9 heteroatoms. The van der Waals surface area contributed by atoms with Crippen LogP contribution in [0.5, 0.6) is 0 Å². The van der Waals surface area contributed by atoms with Gasteiger partial charge in [0.1, 0.15) is 5.82 Å². The van der Waals surface area contributed by atoms with E-state index in [-0.39, 0.29) is 0 Å². The number of likely N-dealkylation sites (tertiary alicyclic amines) is 1. The van der Waals surface area contributed by atoms with Gasteiger partial charge in [-0.2, -0.15) is 9.97 Å². The zero-order valence-corrected chi connectivity index (χ0v) is 20.7. The summed E-state index contributed by atoms with van der Waals surface area (Å²) in [6.45, 7) is 6.68. The third kappa shape index (κ3) is 3.80. The van der Waals surface area contributed by atoms with Crippen LogP contribution in [-0.2, 0) is 0 Å². The first kappa shape index (κ1) is 21.4. The number of aromatic nitrogens is 5. The Kier molecular flexibility index (Phi) is 5.08. The molecule has 1 N–H and O–H groups in total. The SMILES string of the molecule is CN1CC2(C1)CN(c1ccc(Nc3nc(N4CCCCC4)nc4c3ncn4C3CCCC3)cn1)C2. The fourth-order valence-electron chi connectivity index (χ4n) is 6.69. The molecule has 4 fully saturated rings. The first-order valence-corrected chi connectivity index (χ1v) is 13.3. The van der Waals surface area contributed by atoms with Crippen LogP contribution in [-0.4, -0.2) is 75.7 Å². The summed E-state index contributed by atoms with van der Waals surface area (Å²) < 4.78 is 2.29. The monoisotopic (exact) mass is 473 g/mol. The van der Waals surface area contributed by atoms with Crippen LogP contribution in [0.1, 0.15) is 51.0 Å². The van der Waals surface area contributed by atoms with E-state index in [2.05, 4.69) is 43.8 Å². The fraction of sp³-hybridized carbons (Fsp3) is 0.615. The van der Waals surface area contributed by atoms with Gasteiger partial charge in [0.25, 0.3) is 0 Å². The molecule has 0 radical (unpaired) electrons. The van der Waals surface area contributed by atoms with Crippen molar-refractivity contribution in [3.05, 3.63) is 24.7 Å². The largest absolute Gasteiger partial charge is 0.355 e. The molecule has 0 bridgehead atoms. The van der Waals surface area contributed by atoms with Crippen molar-refractivity contribution in [3.63, 3.8) is 0 Å². The second-order valence-electron chi connectivity index (χ2n) is 11.2. The van der Waals surface area contributed by atoms with Crippen LogP contribution in [0.15, 0.2) is 24.7 Å². The molecular formula is C26H35N9. The maximum atomic E-state index is 5.04. The summed E-state index contributed by atoms with van der Waals surface area (Å²) in [6, 6.07) is 4.73. The highest BCUT2D eigenvalue weighted by Crippen LogP contribution is 2.40. The van der Waals surface area contributed by atoms with Gasteiger partial charge >= 0.3 is 0 Å². The van der Waals surface area contributed by atoms with E-state index in [1.54, 1.807) is 0 Å². The molecule has 0 amide bonds. The Hall–Kier alpha value is -2.94. The highest BCUT2D eigenvalue weighted by molar-refractivity contribution is 5.86. The van der Waals surface area contributed by atoms with Crippen LogP contribution >= 0.6 is 0 Å². The van der Waals surface area contributed by atoms with Gasteiger partial charge in [0.15, 0.2) is 17.0 Å². The van der Waals surface area contributed by atoms with Gasteiger partial charge in [0, 0.05) is 50.7 Å². The van der Waals surface area contributed by atoms with E-state index in [1.807, 2.05) is 12.5 Å². The molecule has 184 valence electrons. The van der Waals surface area contributed by atoms with E-state index in [4.69, 9.17) is 19.9 Å². The lowest BCUT2D eigenvalue weighted by Crippen LogP contribution is -2.71. The quantitative estimate of drug-likeness (QED) is 0.599. The molecule has 0 unspecified atom stereocenters. The molecule has 3 aromatic heterocycles. The van der Waals surface area contributed by atoms with Crippen LogP contribution in [0.2, 0.25) is 0 Å². The molecule has 1 aliphatic carbocycles. The number of pyridine rings is 1. The minimum Gasteiger partial charge on any atom is -0.355 e. The highest BCUT2D eigenvalue weighted by atomic mass is 15.3. The number of fused-ring (bicyclic) bond motifs is 1. The minimum atomic E-state index is 0.494. The molecule has 0 atom stereocenters. The van der Waals surface area contributed by atoms with Gasteiger partial charge in [-0.25, -0.2) is 9.97 Å². The maximum absolute atomic E-state index is 5.04. The van der Waals surface area contributed by atoms with Crippen LogP contribution in [0, 0.1) is 5.41 Å². The average molecular weight is 474 g/mol. The van der Waals surface area contributed by atoms with E-state index in [0.717, 1.165) is 60.6 Å². The lowest BCUT2D eigenvalue weighted by Gasteiger charge is -2.59. The van der Waals surface area contributed by atoms with E-state index < -0.39 is 0 Å². The van der Waals surface area contributed by atoms with E-state index in [9.17, 15) is 0 Å². The van der Waals surface area contributed by atoms with Crippen molar-refractivity contribution in [1.29, 1.82) is 0 Å². The number of nitrogens with zero attached hydrogens (tertiary/aromatic N) is 8. The Morgan fingerprint density at radius 3 is 2.40 bits per heavy atom.